The molecule has 4 aromatic rings. The molecule has 0 aliphatic rings. The number of nitrogens with zero attached hydrogens (tertiary/aromatic N) is 1. The van der Waals surface area contributed by atoms with Gasteiger partial charge in [-0.3, -0.25) is 0 Å². The zero-order chi connectivity index (χ0) is 20.6. The third-order valence-corrected chi connectivity index (χ3v) is 5.37. The Morgan fingerprint density at radius 2 is 1.72 bits per heavy atom. The molecule has 0 spiro atoms. The number of hydrogen-bond acceptors (Lipinski definition) is 3. The Balaban J connectivity index is 1.93. The lowest BCUT2D eigenvalue weighted by Crippen LogP contribution is -2.15. The van der Waals surface area contributed by atoms with Crippen molar-refractivity contribution in [1.29, 1.82) is 0 Å². The summed E-state index contributed by atoms with van der Waals surface area (Å²) in [7, 11) is 0. The maximum atomic E-state index is 11.3. The fourth-order valence-electron chi connectivity index (χ4n) is 3.31. The number of benzene rings is 2. The highest BCUT2D eigenvalue weighted by Gasteiger charge is 2.21. The summed E-state index contributed by atoms with van der Waals surface area (Å²) in [6, 6.07) is 19.2. The maximum absolute atomic E-state index is 11.3. The predicted octanol–water partition coefficient (Wildman–Crippen LogP) is 7.24. The molecule has 0 saturated heterocycles. The molecule has 0 fully saturated rings. The van der Waals surface area contributed by atoms with Crippen molar-refractivity contribution in [3.63, 3.8) is 0 Å². The fourth-order valence-corrected chi connectivity index (χ4v) is 3.66. The first-order valence-corrected chi connectivity index (χ1v) is 10.0. The van der Waals surface area contributed by atoms with Crippen LogP contribution >= 0.6 is 23.2 Å². The van der Waals surface area contributed by atoms with Gasteiger partial charge in [0, 0.05) is 38.4 Å². The number of fused-ring (bicyclic) bond motifs is 1. The summed E-state index contributed by atoms with van der Waals surface area (Å²) >= 11 is 12.5. The third kappa shape index (κ3) is 4.07. The van der Waals surface area contributed by atoms with Crippen molar-refractivity contribution in [2.45, 2.75) is 20.3 Å². The molecule has 0 amide bonds. The Bertz CT molecular complexity index is 1190. The van der Waals surface area contributed by atoms with Crippen LogP contribution in [0.15, 0.2) is 65.1 Å². The van der Waals surface area contributed by atoms with Gasteiger partial charge >= 0.3 is 0 Å². The van der Waals surface area contributed by atoms with Crippen molar-refractivity contribution in [3.05, 3.63) is 76.5 Å². The molecule has 29 heavy (non-hydrogen) atoms. The van der Waals surface area contributed by atoms with Crippen LogP contribution in [0.3, 0.4) is 0 Å². The Kier molecular flexibility index (Phi) is 5.20. The quantitative estimate of drug-likeness (QED) is 0.317. The molecule has 146 valence electrons. The molecule has 0 N–H and O–H groups in total. The van der Waals surface area contributed by atoms with Crippen LogP contribution in [0.4, 0.5) is 0 Å². The molecule has 0 bridgehead atoms. The van der Waals surface area contributed by atoms with E-state index in [4.69, 9.17) is 32.6 Å². The molecule has 0 unspecified atom stereocenters. The van der Waals surface area contributed by atoms with Crippen LogP contribution < -0.4 is 0 Å². The number of aldehydes is 1. The van der Waals surface area contributed by atoms with Gasteiger partial charge in [-0.15, -0.1) is 0 Å². The summed E-state index contributed by atoms with van der Waals surface area (Å²) in [5, 5.41) is 2.16. The monoisotopic (exact) mass is 423 g/mol. The number of carbonyl (C=O) groups excluding carboxylic acids is 1. The van der Waals surface area contributed by atoms with E-state index >= 15 is 0 Å². The molecule has 2 aromatic carbocycles. The zero-order valence-electron chi connectivity index (χ0n) is 16.1. The normalized spacial score (nSPS) is 11.7. The first-order valence-electron chi connectivity index (χ1n) is 9.27. The van der Waals surface area contributed by atoms with Gasteiger partial charge in [0.15, 0.2) is 0 Å². The summed E-state index contributed by atoms with van der Waals surface area (Å²) in [6.07, 6.45) is 1.45. The molecule has 0 aliphatic carbocycles. The van der Waals surface area contributed by atoms with Crippen molar-refractivity contribution < 1.29 is 9.21 Å². The summed E-state index contributed by atoms with van der Waals surface area (Å²) in [4.78, 5) is 16.1. The summed E-state index contributed by atoms with van der Waals surface area (Å²) in [6.45, 7) is 3.77. The van der Waals surface area contributed by atoms with Gasteiger partial charge in [0.25, 0.3) is 0 Å². The van der Waals surface area contributed by atoms with Crippen LogP contribution in [0.25, 0.3) is 33.5 Å². The highest BCUT2D eigenvalue weighted by molar-refractivity contribution is 6.33. The summed E-state index contributed by atoms with van der Waals surface area (Å²) < 4.78 is 5.98. The molecule has 0 aliphatic heterocycles. The number of hydrogen-bond donors (Lipinski definition) is 0. The Morgan fingerprint density at radius 3 is 2.41 bits per heavy atom. The van der Waals surface area contributed by atoms with Crippen LogP contribution in [0.1, 0.15) is 19.6 Å². The van der Waals surface area contributed by atoms with E-state index in [0.717, 1.165) is 39.8 Å². The highest BCUT2D eigenvalue weighted by Crippen LogP contribution is 2.38. The van der Waals surface area contributed by atoms with E-state index in [1.807, 2.05) is 74.5 Å². The SMILES string of the molecule is CC(C)(C=O)Cc1cc2cc(-c3ccc(Cl)cc3)c(-c3ccccc3Cl)nc2o1. The standard InChI is InChI=1S/C24H19Cl2NO2/c1-24(2,14-28)13-18-11-16-12-20(15-7-9-17(25)10-8-15)22(27-23(16)29-18)19-5-3-4-6-21(19)26/h3-12,14H,13H2,1-2H3. The van der Waals surface area contributed by atoms with Gasteiger partial charge in [-0.05, 0) is 35.9 Å². The topological polar surface area (TPSA) is 43.1 Å². The smallest absolute Gasteiger partial charge is 0.226 e. The number of halogens is 2. The van der Waals surface area contributed by atoms with Crippen molar-refractivity contribution in [2.75, 3.05) is 0 Å². The van der Waals surface area contributed by atoms with Crippen LogP contribution in [-0.2, 0) is 11.2 Å². The molecule has 2 heterocycles. The highest BCUT2D eigenvalue weighted by atomic mass is 35.5. The molecule has 3 nitrogen and oxygen atoms in total. The van der Waals surface area contributed by atoms with Gasteiger partial charge in [0.1, 0.15) is 12.0 Å². The molecule has 4 rings (SSSR count). The molecule has 0 atom stereocenters. The lowest BCUT2D eigenvalue weighted by molar-refractivity contribution is -0.114. The largest absolute Gasteiger partial charge is 0.443 e. The van der Waals surface area contributed by atoms with E-state index in [-0.39, 0.29) is 0 Å². The second kappa shape index (κ2) is 7.66. The second-order valence-electron chi connectivity index (χ2n) is 7.76. The van der Waals surface area contributed by atoms with Gasteiger partial charge in [-0.1, -0.05) is 67.4 Å². The van der Waals surface area contributed by atoms with Gasteiger partial charge in [-0.25, -0.2) is 4.98 Å². The first-order chi connectivity index (χ1) is 13.9. The van der Waals surface area contributed by atoms with Crippen molar-refractivity contribution >= 4 is 40.6 Å². The van der Waals surface area contributed by atoms with Crippen LogP contribution in [0.5, 0.6) is 0 Å². The average molecular weight is 424 g/mol. The minimum atomic E-state index is -0.502. The van der Waals surface area contributed by atoms with Gasteiger partial charge in [-0.2, -0.15) is 0 Å². The predicted molar refractivity (Wildman–Crippen MR) is 118 cm³/mol. The van der Waals surface area contributed by atoms with E-state index < -0.39 is 5.41 Å². The maximum Gasteiger partial charge on any atom is 0.226 e. The van der Waals surface area contributed by atoms with Crippen LogP contribution in [0.2, 0.25) is 10.0 Å². The van der Waals surface area contributed by atoms with E-state index in [0.29, 0.717) is 22.2 Å². The number of furan rings is 1. The van der Waals surface area contributed by atoms with Crippen molar-refractivity contribution in [3.8, 4) is 22.4 Å². The summed E-state index contributed by atoms with van der Waals surface area (Å²) in [5.74, 6) is 0.725. The van der Waals surface area contributed by atoms with Gasteiger partial charge in [0.2, 0.25) is 5.71 Å². The van der Waals surface area contributed by atoms with E-state index in [2.05, 4.69) is 0 Å². The minimum absolute atomic E-state index is 0.502. The Morgan fingerprint density at radius 1 is 1.00 bits per heavy atom. The fraction of sp³-hybridized carbons (Fsp3) is 0.167. The van der Waals surface area contributed by atoms with Crippen LogP contribution in [0, 0.1) is 5.41 Å². The van der Waals surface area contributed by atoms with Crippen molar-refractivity contribution in [1.82, 2.24) is 4.98 Å². The molecule has 5 heteroatoms. The van der Waals surface area contributed by atoms with Crippen molar-refractivity contribution in [2.24, 2.45) is 5.41 Å². The number of aromatic nitrogens is 1. The number of pyridine rings is 1. The molecule has 0 radical (unpaired) electrons. The van der Waals surface area contributed by atoms with E-state index in [9.17, 15) is 4.79 Å². The van der Waals surface area contributed by atoms with Gasteiger partial charge < -0.3 is 9.21 Å². The molecular formula is C24H19Cl2NO2. The summed E-state index contributed by atoms with van der Waals surface area (Å²) in [5.41, 5.74) is 3.50. The Hall–Kier alpha value is -2.62. The average Bonchev–Trinajstić information content (AvgIpc) is 3.08. The second-order valence-corrected chi connectivity index (χ2v) is 8.61. The molecular weight excluding hydrogens is 405 g/mol. The first kappa shape index (κ1) is 19.7. The third-order valence-electron chi connectivity index (χ3n) is 4.79. The zero-order valence-corrected chi connectivity index (χ0v) is 17.6. The lowest BCUT2D eigenvalue weighted by Gasteiger charge is -2.13. The molecule has 2 aromatic heterocycles. The lowest BCUT2D eigenvalue weighted by atomic mass is 9.90. The van der Waals surface area contributed by atoms with Gasteiger partial charge in [0.05, 0.1) is 5.69 Å². The van der Waals surface area contributed by atoms with E-state index in [1.165, 1.54) is 0 Å². The molecule has 0 saturated carbocycles. The Labute approximate surface area is 179 Å². The van der Waals surface area contributed by atoms with E-state index in [1.54, 1.807) is 0 Å². The number of rotatable bonds is 5. The number of carbonyl (C=O) groups is 1. The van der Waals surface area contributed by atoms with Crippen LogP contribution in [-0.4, -0.2) is 11.3 Å². The minimum Gasteiger partial charge on any atom is -0.443 e.